The number of amides is 1. The van der Waals surface area contributed by atoms with Crippen LogP contribution in [0.25, 0.3) is 0 Å². The first-order valence-corrected chi connectivity index (χ1v) is 5.86. The maximum absolute atomic E-state index is 11.8. The Bertz CT molecular complexity index is 389. The molecule has 0 saturated heterocycles. The van der Waals surface area contributed by atoms with Gasteiger partial charge in [0, 0.05) is 18.8 Å². The molecule has 0 spiro atoms. The summed E-state index contributed by atoms with van der Waals surface area (Å²) < 4.78 is 0. The van der Waals surface area contributed by atoms with E-state index in [4.69, 9.17) is 0 Å². The van der Waals surface area contributed by atoms with E-state index in [1.54, 1.807) is 0 Å². The number of carbonyl (C=O) groups excluding carboxylic acids is 1. The van der Waals surface area contributed by atoms with Crippen molar-refractivity contribution in [1.29, 1.82) is 0 Å². The summed E-state index contributed by atoms with van der Waals surface area (Å²) in [6, 6.07) is 8.24. The number of carbonyl (C=O) groups is 1. The van der Waals surface area contributed by atoms with Crippen molar-refractivity contribution >= 4 is 11.6 Å². The Kier molecular flexibility index (Phi) is 3.13. The highest BCUT2D eigenvalue weighted by atomic mass is 16.2. The minimum atomic E-state index is -0.0800. The van der Waals surface area contributed by atoms with Crippen LogP contribution in [0.15, 0.2) is 24.3 Å². The van der Waals surface area contributed by atoms with Gasteiger partial charge < -0.3 is 10.2 Å². The molecule has 0 saturated carbocycles. The molecule has 1 amide bonds. The van der Waals surface area contributed by atoms with E-state index in [-0.39, 0.29) is 11.9 Å². The van der Waals surface area contributed by atoms with Crippen molar-refractivity contribution in [3.8, 4) is 0 Å². The quantitative estimate of drug-likeness (QED) is 0.835. The number of benzene rings is 1. The molecule has 0 unspecified atom stereocenters. The van der Waals surface area contributed by atoms with Crippen LogP contribution < -0.4 is 10.2 Å². The van der Waals surface area contributed by atoms with Gasteiger partial charge in [-0.25, -0.2) is 0 Å². The standard InChI is InChI=1S/C13H18N2O/c1-3-14-13(16)10(2)15-9-8-11-6-4-5-7-12(11)15/h4-7,10H,3,8-9H2,1-2H3,(H,14,16)/t10-/m0/s1. The fraction of sp³-hybridized carbons (Fsp3) is 0.462. The van der Waals surface area contributed by atoms with Gasteiger partial charge in [0.25, 0.3) is 0 Å². The van der Waals surface area contributed by atoms with Gasteiger partial charge in [-0.05, 0) is 31.9 Å². The second-order valence-corrected chi connectivity index (χ2v) is 4.14. The molecule has 1 atom stereocenters. The van der Waals surface area contributed by atoms with Crippen LogP contribution in [0.5, 0.6) is 0 Å². The van der Waals surface area contributed by atoms with Crippen LogP contribution >= 0.6 is 0 Å². The van der Waals surface area contributed by atoms with Gasteiger partial charge in [-0.2, -0.15) is 0 Å². The molecule has 0 fully saturated rings. The van der Waals surface area contributed by atoms with Gasteiger partial charge in [-0.3, -0.25) is 4.79 Å². The number of para-hydroxylation sites is 1. The molecule has 0 bridgehead atoms. The van der Waals surface area contributed by atoms with Gasteiger partial charge in [0.2, 0.25) is 5.91 Å². The SMILES string of the molecule is CCNC(=O)[C@H](C)N1CCc2ccccc21. The molecule has 0 aliphatic carbocycles. The third kappa shape index (κ3) is 1.90. The molecule has 1 aromatic rings. The van der Waals surface area contributed by atoms with Crippen LogP contribution in [-0.2, 0) is 11.2 Å². The van der Waals surface area contributed by atoms with Gasteiger partial charge in [0.05, 0.1) is 0 Å². The zero-order valence-corrected chi connectivity index (χ0v) is 9.86. The largest absolute Gasteiger partial charge is 0.359 e. The Balaban J connectivity index is 2.15. The Labute approximate surface area is 96.5 Å². The molecule has 1 aromatic carbocycles. The zero-order chi connectivity index (χ0) is 11.5. The smallest absolute Gasteiger partial charge is 0.242 e. The summed E-state index contributed by atoms with van der Waals surface area (Å²) in [5.41, 5.74) is 2.56. The maximum atomic E-state index is 11.8. The summed E-state index contributed by atoms with van der Waals surface area (Å²) in [5.74, 6) is 0.110. The zero-order valence-electron chi connectivity index (χ0n) is 9.86. The first kappa shape index (κ1) is 11.0. The van der Waals surface area contributed by atoms with E-state index in [2.05, 4.69) is 28.4 Å². The number of rotatable bonds is 3. The predicted octanol–water partition coefficient (Wildman–Crippen LogP) is 1.57. The Morgan fingerprint density at radius 3 is 3.00 bits per heavy atom. The molecule has 3 heteroatoms. The first-order valence-electron chi connectivity index (χ1n) is 5.86. The summed E-state index contributed by atoms with van der Waals surface area (Å²) in [7, 11) is 0. The van der Waals surface area contributed by atoms with E-state index >= 15 is 0 Å². The summed E-state index contributed by atoms with van der Waals surface area (Å²) in [6.45, 7) is 5.55. The van der Waals surface area contributed by atoms with Crippen LogP contribution in [0.2, 0.25) is 0 Å². The van der Waals surface area contributed by atoms with Crippen LogP contribution in [0.1, 0.15) is 19.4 Å². The van der Waals surface area contributed by atoms with Gasteiger partial charge in [0.1, 0.15) is 6.04 Å². The minimum Gasteiger partial charge on any atom is -0.359 e. The highest BCUT2D eigenvalue weighted by Crippen LogP contribution is 2.28. The number of fused-ring (bicyclic) bond motifs is 1. The van der Waals surface area contributed by atoms with Crippen molar-refractivity contribution in [3.63, 3.8) is 0 Å². The van der Waals surface area contributed by atoms with Crippen molar-refractivity contribution < 1.29 is 4.79 Å². The number of hydrogen-bond acceptors (Lipinski definition) is 2. The first-order chi connectivity index (χ1) is 7.74. The second-order valence-electron chi connectivity index (χ2n) is 4.14. The maximum Gasteiger partial charge on any atom is 0.242 e. The third-order valence-electron chi connectivity index (χ3n) is 3.12. The van der Waals surface area contributed by atoms with Crippen molar-refractivity contribution in [1.82, 2.24) is 5.32 Å². The topological polar surface area (TPSA) is 32.3 Å². The molecule has 1 heterocycles. The van der Waals surface area contributed by atoms with Crippen LogP contribution in [0.4, 0.5) is 5.69 Å². The van der Waals surface area contributed by atoms with Crippen LogP contribution in [0, 0.1) is 0 Å². The molecule has 1 aliphatic heterocycles. The molecular weight excluding hydrogens is 200 g/mol. The average molecular weight is 218 g/mol. The van der Waals surface area contributed by atoms with E-state index < -0.39 is 0 Å². The Hall–Kier alpha value is -1.51. The van der Waals surface area contributed by atoms with E-state index in [0.29, 0.717) is 6.54 Å². The number of likely N-dealkylation sites (N-methyl/N-ethyl adjacent to an activating group) is 1. The predicted molar refractivity (Wildman–Crippen MR) is 65.6 cm³/mol. The summed E-state index contributed by atoms with van der Waals surface area (Å²) in [4.78, 5) is 14.0. The number of anilines is 1. The third-order valence-corrected chi connectivity index (χ3v) is 3.12. The lowest BCUT2D eigenvalue weighted by atomic mass is 10.1. The summed E-state index contributed by atoms with van der Waals surface area (Å²) in [5, 5.41) is 2.87. The van der Waals surface area contributed by atoms with Gasteiger partial charge in [0.15, 0.2) is 0 Å². The fourth-order valence-electron chi connectivity index (χ4n) is 2.23. The lowest BCUT2D eigenvalue weighted by molar-refractivity contribution is -0.121. The monoisotopic (exact) mass is 218 g/mol. The molecule has 0 radical (unpaired) electrons. The molecule has 0 aromatic heterocycles. The van der Waals surface area contributed by atoms with Crippen LogP contribution in [-0.4, -0.2) is 25.0 Å². The number of nitrogens with one attached hydrogen (secondary N) is 1. The molecule has 16 heavy (non-hydrogen) atoms. The lowest BCUT2D eigenvalue weighted by Crippen LogP contribution is -2.44. The van der Waals surface area contributed by atoms with E-state index in [0.717, 1.165) is 13.0 Å². The molecule has 1 N–H and O–H groups in total. The van der Waals surface area contributed by atoms with Crippen molar-refractivity contribution in [2.24, 2.45) is 0 Å². The lowest BCUT2D eigenvalue weighted by Gasteiger charge is -2.26. The fourth-order valence-corrected chi connectivity index (χ4v) is 2.23. The second kappa shape index (κ2) is 4.56. The Morgan fingerprint density at radius 1 is 1.50 bits per heavy atom. The number of hydrogen-bond donors (Lipinski definition) is 1. The normalized spacial score (nSPS) is 15.8. The summed E-state index contributed by atoms with van der Waals surface area (Å²) >= 11 is 0. The molecule has 2 rings (SSSR count). The van der Waals surface area contributed by atoms with E-state index in [1.165, 1.54) is 11.3 Å². The average Bonchev–Trinajstić information content (AvgIpc) is 2.72. The van der Waals surface area contributed by atoms with E-state index in [9.17, 15) is 4.79 Å². The number of nitrogens with zero attached hydrogens (tertiary/aromatic N) is 1. The van der Waals surface area contributed by atoms with Crippen molar-refractivity contribution in [3.05, 3.63) is 29.8 Å². The molecule has 3 nitrogen and oxygen atoms in total. The molecular formula is C13H18N2O. The van der Waals surface area contributed by atoms with Gasteiger partial charge >= 0.3 is 0 Å². The highest BCUT2D eigenvalue weighted by Gasteiger charge is 2.26. The van der Waals surface area contributed by atoms with E-state index in [1.807, 2.05) is 19.9 Å². The molecule has 1 aliphatic rings. The van der Waals surface area contributed by atoms with Gasteiger partial charge in [-0.1, -0.05) is 18.2 Å². The van der Waals surface area contributed by atoms with Crippen LogP contribution in [0.3, 0.4) is 0 Å². The van der Waals surface area contributed by atoms with Crippen molar-refractivity contribution in [2.45, 2.75) is 26.3 Å². The van der Waals surface area contributed by atoms with Crippen molar-refractivity contribution in [2.75, 3.05) is 18.0 Å². The highest BCUT2D eigenvalue weighted by molar-refractivity contribution is 5.85. The minimum absolute atomic E-state index is 0.0800. The summed E-state index contributed by atoms with van der Waals surface area (Å²) in [6.07, 6.45) is 1.04. The Morgan fingerprint density at radius 2 is 2.25 bits per heavy atom. The molecule has 86 valence electrons. The van der Waals surface area contributed by atoms with Gasteiger partial charge in [-0.15, -0.1) is 0 Å².